The zero-order chi connectivity index (χ0) is 13.0. The first kappa shape index (κ1) is 13.7. The van der Waals surface area contributed by atoms with Crippen LogP contribution in [0.3, 0.4) is 0 Å². The molecule has 1 atom stereocenters. The van der Waals surface area contributed by atoms with Crippen LogP contribution in [-0.4, -0.2) is 9.55 Å². The number of hydrogen-bond acceptors (Lipinski definition) is 2. The Morgan fingerprint density at radius 3 is 2.47 bits per heavy atom. The summed E-state index contributed by atoms with van der Waals surface area (Å²) in [5, 5.41) is 0. The molecule has 0 saturated heterocycles. The molecule has 1 aromatic heterocycles. The Labute approximate surface area is 104 Å². The Hall–Kier alpha value is -1.35. The van der Waals surface area contributed by atoms with E-state index in [9.17, 15) is 0 Å². The average molecular weight is 233 g/mol. The number of rotatable bonds is 5. The molecule has 2 N–H and O–H groups in total. The highest BCUT2D eigenvalue weighted by Crippen LogP contribution is 2.20. The standard InChI is InChI=1S/C14H23N3/c1-6-8-12-13(7-2)17(9-10(3)4)14(16-12)11(5)15/h6-8,10-11H,2,9,15H2,1,3-5H3/b8-6-. The van der Waals surface area contributed by atoms with Crippen LogP contribution in [0.1, 0.15) is 50.9 Å². The van der Waals surface area contributed by atoms with Crippen LogP contribution >= 0.6 is 0 Å². The molecule has 1 heterocycles. The van der Waals surface area contributed by atoms with Gasteiger partial charge in [-0.1, -0.05) is 26.5 Å². The summed E-state index contributed by atoms with van der Waals surface area (Å²) >= 11 is 0. The largest absolute Gasteiger partial charge is 0.326 e. The zero-order valence-electron chi connectivity index (χ0n) is 11.3. The van der Waals surface area contributed by atoms with Gasteiger partial charge in [0.15, 0.2) is 0 Å². The third-order valence-corrected chi connectivity index (χ3v) is 2.54. The number of nitrogens with zero attached hydrogens (tertiary/aromatic N) is 2. The minimum absolute atomic E-state index is 0.0635. The fraction of sp³-hybridized carbons (Fsp3) is 0.500. The average Bonchev–Trinajstić information content (AvgIpc) is 2.56. The van der Waals surface area contributed by atoms with E-state index in [4.69, 9.17) is 5.73 Å². The molecule has 0 spiro atoms. The van der Waals surface area contributed by atoms with Crippen LogP contribution < -0.4 is 5.73 Å². The SMILES string of the molecule is C=Cc1c(/C=C\C)nc(C(C)N)n1CC(C)C. The third kappa shape index (κ3) is 3.07. The summed E-state index contributed by atoms with van der Waals surface area (Å²) in [4.78, 5) is 4.60. The van der Waals surface area contributed by atoms with Gasteiger partial charge in [0.05, 0.1) is 17.4 Å². The molecule has 0 radical (unpaired) electrons. The van der Waals surface area contributed by atoms with Crippen LogP contribution in [0.15, 0.2) is 12.7 Å². The molecule has 0 aliphatic rings. The maximum absolute atomic E-state index is 5.98. The predicted molar refractivity (Wildman–Crippen MR) is 74.5 cm³/mol. The minimum atomic E-state index is -0.0635. The summed E-state index contributed by atoms with van der Waals surface area (Å²) in [5.41, 5.74) is 8.00. The van der Waals surface area contributed by atoms with E-state index in [2.05, 4.69) is 30.0 Å². The van der Waals surface area contributed by atoms with Gasteiger partial charge >= 0.3 is 0 Å². The second-order valence-corrected chi connectivity index (χ2v) is 4.74. The van der Waals surface area contributed by atoms with Crippen LogP contribution in [0, 0.1) is 5.92 Å². The molecule has 1 rings (SSSR count). The van der Waals surface area contributed by atoms with Crippen LogP contribution in [-0.2, 0) is 6.54 Å². The second-order valence-electron chi connectivity index (χ2n) is 4.74. The molecule has 3 heteroatoms. The summed E-state index contributed by atoms with van der Waals surface area (Å²) in [6.45, 7) is 13.1. The van der Waals surface area contributed by atoms with Crippen molar-refractivity contribution in [3.63, 3.8) is 0 Å². The first-order chi connectivity index (χ1) is 8.01. The summed E-state index contributed by atoms with van der Waals surface area (Å²) in [6, 6.07) is -0.0635. The Kier molecular flexibility index (Phi) is 4.70. The number of nitrogens with two attached hydrogens (primary N) is 1. The van der Waals surface area contributed by atoms with Gasteiger partial charge < -0.3 is 10.3 Å². The molecule has 3 nitrogen and oxygen atoms in total. The lowest BCUT2D eigenvalue weighted by Crippen LogP contribution is -2.16. The Balaban J connectivity index is 3.34. The van der Waals surface area contributed by atoms with Crippen molar-refractivity contribution in [1.29, 1.82) is 0 Å². The van der Waals surface area contributed by atoms with Crippen molar-refractivity contribution < 1.29 is 0 Å². The fourth-order valence-electron chi connectivity index (χ4n) is 1.90. The molecule has 0 aliphatic heterocycles. The fourth-order valence-corrected chi connectivity index (χ4v) is 1.90. The molecule has 94 valence electrons. The van der Waals surface area contributed by atoms with E-state index in [0.717, 1.165) is 23.8 Å². The van der Waals surface area contributed by atoms with Gasteiger partial charge in [-0.3, -0.25) is 0 Å². The summed E-state index contributed by atoms with van der Waals surface area (Å²) in [6.07, 6.45) is 5.84. The maximum Gasteiger partial charge on any atom is 0.126 e. The topological polar surface area (TPSA) is 43.8 Å². The Morgan fingerprint density at radius 1 is 1.41 bits per heavy atom. The van der Waals surface area contributed by atoms with E-state index in [1.54, 1.807) is 0 Å². The lowest BCUT2D eigenvalue weighted by molar-refractivity contribution is 0.493. The van der Waals surface area contributed by atoms with E-state index in [-0.39, 0.29) is 6.04 Å². The molecule has 17 heavy (non-hydrogen) atoms. The van der Waals surface area contributed by atoms with E-state index in [1.165, 1.54) is 0 Å². The number of imidazole rings is 1. The highest BCUT2D eigenvalue weighted by molar-refractivity contribution is 5.59. The van der Waals surface area contributed by atoms with E-state index in [1.807, 2.05) is 32.1 Å². The van der Waals surface area contributed by atoms with Gasteiger partial charge in [0.25, 0.3) is 0 Å². The second kappa shape index (κ2) is 5.82. The van der Waals surface area contributed by atoms with E-state index >= 15 is 0 Å². The highest BCUT2D eigenvalue weighted by atomic mass is 15.1. The first-order valence-electron chi connectivity index (χ1n) is 6.12. The molecule has 0 aliphatic carbocycles. The predicted octanol–water partition coefficient (Wildman–Crippen LogP) is 3.23. The summed E-state index contributed by atoms with van der Waals surface area (Å²) < 4.78 is 2.18. The maximum atomic E-state index is 5.98. The minimum Gasteiger partial charge on any atom is -0.326 e. The van der Waals surface area contributed by atoms with Crippen molar-refractivity contribution in [2.45, 2.75) is 40.3 Å². The summed E-state index contributed by atoms with van der Waals surface area (Å²) in [7, 11) is 0. The molecular weight excluding hydrogens is 210 g/mol. The monoisotopic (exact) mass is 233 g/mol. The van der Waals surface area contributed by atoms with Crippen molar-refractivity contribution in [2.75, 3.05) is 0 Å². The molecule has 0 fully saturated rings. The van der Waals surface area contributed by atoms with Crippen LogP contribution in [0.4, 0.5) is 0 Å². The van der Waals surface area contributed by atoms with Gasteiger partial charge in [-0.25, -0.2) is 4.98 Å². The van der Waals surface area contributed by atoms with Crippen LogP contribution in [0.5, 0.6) is 0 Å². The van der Waals surface area contributed by atoms with Crippen LogP contribution in [0.2, 0.25) is 0 Å². The van der Waals surface area contributed by atoms with Crippen molar-refractivity contribution in [3.8, 4) is 0 Å². The molecular formula is C14H23N3. The van der Waals surface area contributed by atoms with E-state index < -0.39 is 0 Å². The number of allylic oxidation sites excluding steroid dienone is 1. The lowest BCUT2D eigenvalue weighted by atomic mass is 10.2. The molecule has 0 saturated carbocycles. The molecule has 1 aromatic rings. The van der Waals surface area contributed by atoms with E-state index in [0.29, 0.717) is 5.92 Å². The smallest absolute Gasteiger partial charge is 0.126 e. The Bertz CT molecular complexity index is 411. The zero-order valence-corrected chi connectivity index (χ0v) is 11.3. The van der Waals surface area contributed by atoms with Crippen molar-refractivity contribution >= 4 is 12.2 Å². The van der Waals surface area contributed by atoms with Crippen molar-refractivity contribution in [1.82, 2.24) is 9.55 Å². The quantitative estimate of drug-likeness (QED) is 0.848. The van der Waals surface area contributed by atoms with Gasteiger partial charge in [0.2, 0.25) is 0 Å². The van der Waals surface area contributed by atoms with Gasteiger partial charge in [0.1, 0.15) is 5.82 Å². The number of hydrogen-bond donors (Lipinski definition) is 1. The van der Waals surface area contributed by atoms with Gasteiger partial charge in [-0.2, -0.15) is 0 Å². The van der Waals surface area contributed by atoms with Crippen molar-refractivity contribution in [3.05, 3.63) is 29.9 Å². The first-order valence-corrected chi connectivity index (χ1v) is 6.12. The Morgan fingerprint density at radius 2 is 2.06 bits per heavy atom. The number of aromatic nitrogens is 2. The van der Waals surface area contributed by atoms with Crippen molar-refractivity contribution in [2.24, 2.45) is 11.7 Å². The summed E-state index contributed by atoms with van der Waals surface area (Å²) in [5.74, 6) is 1.49. The van der Waals surface area contributed by atoms with Gasteiger partial charge in [0, 0.05) is 6.54 Å². The van der Waals surface area contributed by atoms with Gasteiger partial charge in [-0.05, 0) is 31.9 Å². The normalized spacial score (nSPS) is 13.5. The molecule has 0 aromatic carbocycles. The molecule has 1 unspecified atom stereocenters. The molecule has 0 amide bonds. The third-order valence-electron chi connectivity index (χ3n) is 2.54. The molecule has 0 bridgehead atoms. The lowest BCUT2D eigenvalue weighted by Gasteiger charge is -2.14. The van der Waals surface area contributed by atoms with Crippen LogP contribution in [0.25, 0.3) is 12.2 Å². The van der Waals surface area contributed by atoms with Gasteiger partial charge in [-0.15, -0.1) is 0 Å². The highest BCUT2D eigenvalue weighted by Gasteiger charge is 2.16.